The van der Waals surface area contributed by atoms with Crippen molar-refractivity contribution in [2.75, 3.05) is 20.6 Å². The molecule has 19 heavy (non-hydrogen) atoms. The summed E-state index contributed by atoms with van der Waals surface area (Å²) in [6.07, 6.45) is 2.58. The van der Waals surface area contributed by atoms with Gasteiger partial charge in [-0.2, -0.15) is 0 Å². The summed E-state index contributed by atoms with van der Waals surface area (Å²) in [7, 11) is 4.09. The maximum atomic E-state index is 4.47. The minimum Gasteiger partial charge on any atom is -0.342 e. The highest BCUT2D eigenvalue weighted by Gasteiger charge is 2.48. The molecule has 0 bridgehead atoms. The van der Waals surface area contributed by atoms with Gasteiger partial charge in [0.05, 0.1) is 11.0 Å². The van der Waals surface area contributed by atoms with Crippen molar-refractivity contribution in [1.82, 2.24) is 20.6 Å². The van der Waals surface area contributed by atoms with Gasteiger partial charge in [0.1, 0.15) is 5.82 Å². The Morgan fingerprint density at radius 2 is 2.16 bits per heavy atom. The van der Waals surface area contributed by atoms with Crippen LogP contribution >= 0.6 is 0 Å². The highest BCUT2D eigenvalue weighted by Crippen LogP contribution is 2.54. The summed E-state index contributed by atoms with van der Waals surface area (Å²) in [6.45, 7) is 3.07. The van der Waals surface area contributed by atoms with E-state index in [9.17, 15) is 0 Å². The highest BCUT2D eigenvalue weighted by molar-refractivity contribution is 5.76. The van der Waals surface area contributed by atoms with Crippen LogP contribution in [0, 0.1) is 12.3 Å². The summed E-state index contributed by atoms with van der Waals surface area (Å²) >= 11 is 0. The second-order valence-electron chi connectivity index (χ2n) is 5.71. The van der Waals surface area contributed by atoms with Gasteiger partial charge in [-0.3, -0.25) is 0 Å². The van der Waals surface area contributed by atoms with Crippen molar-refractivity contribution < 1.29 is 0 Å². The van der Waals surface area contributed by atoms with E-state index in [2.05, 4.69) is 45.8 Å². The van der Waals surface area contributed by atoms with E-state index in [-0.39, 0.29) is 0 Å². The lowest BCUT2D eigenvalue weighted by Gasteiger charge is -2.27. The lowest BCUT2D eigenvalue weighted by atomic mass is 9.89. The summed E-state index contributed by atoms with van der Waals surface area (Å²) in [5.74, 6) is 0.976. The number of aryl methyl sites for hydroxylation is 1. The number of nitrogens with one attached hydrogen (secondary N) is 3. The quantitative estimate of drug-likeness (QED) is 0.770. The van der Waals surface area contributed by atoms with Gasteiger partial charge in [-0.1, -0.05) is 6.07 Å². The van der Waals surface area contributed by atoms with E-state index in [1.54, 1.807) is 0 Å². The van der Waals surface area contributed by atoms with Gasteiger partial charge in [0.15, 0.2) is 0 Å². The fourth-order valence-electron chi connectivity index (χ4n) is 3.24. The van der Waals surface area contributed by atoms with Crippen LogP contribution in [0.3, 0.4) is 0 Å². The molecule has 0 aliphatic heterocycles. The van der Waals surface area contributed by atoms with Gasteiger partial charge in [0.2, 0.25) is 0 Å². The third-order valence-corrected chi connectivity index (χ3v) is 4.28. The molecule has 0 spiro atoms. The van der Waals surface area contributed by atoms with Crippen LogP contribution < -0.4 is 10.6 Å². The number of nitrogens with zero attached hydrogens (tertiary/aromatic N) is 1. The zero-order chi connectivity index (χ0) is 13.5. The van der Waals surface area contributed by atoms with Crippen molar-refractivity contribution in [1.29, 1.82) is 0 Å². The molecule has 1 unspecified atom stereocenters. The lowest BCUT2D eigenvalue weighted by molar-refractivity contribution is 0.347. The van der Waals surface area contributed by atoms with Crippen LogP contribution in [0.25, 0.3) is 11.0 Å². The summed E-state index contributed by atoms with van der Waals surface area (Å²) in [4.78, 5) is 7.79. The average molecular weight is 258 g/mol. The maximum absolute atomic E-state index is 4.47. The minimum atomic E-state index is 0.381. The zero-order valence-electron chi connectivity index (χ0n) is 11.9. The molecule has 3 rings (SSSR count). The van der Waals surface area contributed by atoms with Crippen LogP contribution in [0.15, 0.2) is 18.2 Å². The molecule has 4 heteroatoms. The molecule has 102 valence electrons. The van der Waals surface area contributed by atoms with Gasteiger partial charge in [-0.25, -0.2) is 4.98 Å². The summed E-state index contributed by atoms with van der Waals surface area (Å²) < 4.78 is 0. The third-order valence-electron chi connectivity index (χ3n) is 4.28. The Morgan fingerprint density at radius 3 is 2.79 bits per heavy atom. The van der Waals surface area contributed by atoms with Crippen LogP contribution in [-0.2, 0) is 0 Å². The Labute approximate surface area is 114 Å². The third kappa shape index (κ3) is 2.15. The van der Waals surface area contributed by atoms with E-state index in [1.165, 1.54) is 18.4 Å². The summed E-state index contributed by atoms with van der Waals surface area (Å²) in [5, 5.41) is 6.84. The Balaban J connectivity index is 1.97. The molecule has 0 saturated heterocycles. The van der Waals surface area contributed by atoms with E-state index in [4.69, 9.17) is 0 Å². The largest absolute Gasteiger partial charge is 0.342 e. The van der Waals surface area contributed by atoms with E-state index >= 15 is 0 Å². The Hall–Kier alpha value is -1.39. The number of H-pyrrole nitrogens is 1. The zero-order valence-corrected chi connectivity index (χ0v) is 11.9. The predicted octanol–water partition coefficient (Wildman–Crippen LogP) is 2.13. The molecule has 4 nitrogen and oxygen atoms in total. The van der Waals surface area contributed by atoms with Gasteiger partial charge < -0.3 is 15.6 Å². The molecular weight excluding hydrogens is 236 g/mol. The monoisotopic (exact) mass is 258 g/mol. The number of benzene rings is 1. The Kier molecular flexibility index (Phi) is 3.07. The number of rotatable bonds is 5. The van der Waals surface area contributed by atoms with Gasteiger partial charge >= 0.3 is 0 Å². The second-order valence-corrected chi connectivity index (χ2v) is 5.71. The molecule has 1 aliphatic carbocycles. The lowest BCUT2D eigenvalue weighted by Crippen LogP contribution is -2.33. The van der Waals surface area contributed by atoms with Gasteiger partial charge in [-0.15, -0.1) is 0 Å². The molecule has 1 aromatic heterocycles. The van der Waals surface area contributed by atoms with E-state index in [0.29, 0.717) is 11.5 Å². The number of hydrogen-bond acceptors (Lipinski definition) is 3. The first-order valence-electron chi connectivity index (χ1n) is 6.97. The minimum absolute atomic E-state index is 0.381. The van der Waals surface area contributed by atoms with Crippen molar-refractivity contribution in [2.45, 2.75) is 25.8 Å². The summed E-state index contributed by atoms with van der Waals surface area (Å²) in [5.41, 5.74) is 3.92. The predicted molar refractivity (Wildman–Crippen MR) is 78.2 cm³/mol. The molecule has 1 atom stereocenters. The van der Waals surface area contributed by atoms with Crippen molar-refractivity contribution in [3.05, 3.63) is 29.6 Å². The fourth-order valence-corrected chi connectivity index (χ4v) is 3.24. The molecule has 1 saturated carbocycles. The number of fused-ring (bicyclic) bond motifs is 1. The molecule has 3 N–H and O–H groups in total. The van der Waals surface area contributed by atoms with E-state index < -0.39 is 0 Å². The molecular formula is C15H22N4. The van der Waals surface area contributed by atoms with Crippen LogP contribution in [0.2, 0.25) is 0 Å². The van der Waals surface area contributed by atoms with Crippen molar-refractivity contribution in [3.63, 3.8) is 0 Å². The Morgan fingerprint density at radius 1 is 1.37 bits per heavy atom. The Bertz CT molecular complexity index is 583. The first-order chi connectivity index (χ1) is 9.18. The van der Waals surface area contributed by atoms with Crippen LogP contribution in [0.1, 0.15) is 30.3 Å². The van der Waals surface area contributed by atoms with Gasteiger partial charge in [0, 0.05) is 18.0 Å². The van der Waals surface area contributed by atoms with Crippen LogP contribution in [0.5, 0.6) is 0 Å². The van der Waals surface area contributed by atoms with E-state index in [1.807, 2.05) is 14.0 Å². The average Bonchev–Trinajstić information content (AvgIpc) is 3.04. The first-order valence-corrected chi connectivity index (χ1v) is 6.97. The molecule has 1 aromatic carbocycles. The number of aromatic nitrogens is 2. The molecule has 1 heterocycles. The maximum Gasteiger partial charge on any atom is 0.104 e. The number of aromatic amines is 1. The van der Waals surface area contributed by atoms with Crippen LogP contribution in [0.4, 0.5) is 0 Å². The molecule has 2 aromatic rings. The van der Waals surface area contributed by atoms with Crippen molar-refractivity contribution >= 4 is 11.0 Å². The topological polar surface area (TPSA) is 52.7 Å². The fraction of sp³-hybridized carbons (Fsp3) is 0.533. The first kappa shape index (κ1) is 12.6. The normalized spacial score (nSPS) is 18.7. The standard InChI is InChI=1S/C15H22N4/c1-10-18-12-5-4-11(8-13(12)19-10)14(17-3)15(6-7-15)9-16-2/h4-5,8,14,16-17H,6-7,9H2,1-3H3,(H,18,19). The number of imidazole rings is 1. The second kappa shape index (κ2) is 4.62. The molecule has 1 aliphatic rings. The SMILES string of the molecule is CNCC1(C(NC)c2ccc3nc(C)[nH]c3c2)CC1. The van der Waals surface area contributed by atoms with Crippen LogP contribution in [-0.4, -0.2) is 30.6 Å². The molecule has 0 radical (unpaired) electrons. The van der Waals surface area contributed by atoms with Crippen molar-refractivity contribution in [2.24, 2.45) is 5.41 Å². The van der Waals surface area contributed by atoms with Gasteiger partial charge in [0.25, 0.3) is 0 Å². The van der Waals surface area contributed by atoms with Crippen molar-refractivity contribution in [3.8, 4) is 0 Å². The molecule has 0 amide bonds. The van der Waals surface area contributed by atoms with E-state index in [0.717, 1.165) is 23.4 Å². The highest BCUT2D eigenvalue weighted by atomic mass is 15.0. The smallest absolute Gasteiger partial charge is 0.104 e. The van der Waals surface area contributed by atoms with Gasteiger partial charge in [-0.05, 0) is 51.6 Å². The summed E-state index contributed by atoms with van der Waals surface area (Å²) in [6, 6.07) is 6.98. The number of hydrogen-bond donors (Lipinski definition) is 3. The molecule has 1 fully saturated rings.